The first-order valence-corrected chi connectivity index (χ1v) is 17.2. The van der Waals surface area contributed by atoms with Crippen molar-refractivity contribution in [1.29, 1.82) is 0 Å². The van der Waals surface area contributed by atoms with Crippen LogP contribution in [-0.4, -0.2) is 57.0 Å². The Balaban J connectivity index is 1.54. The second kappa shape index (κ2) is 13.9. The molecule has 1 saturated carbocycles. The van der Waals surface area contributed by atoms with E-state index in [9.17, 15) is 23.1 Å². The number of nitrogens with one attached hydrogen (secondary N) is 1. The van der Waals surface area contributed by atoms with Crippen LogP contribution >= 0.6 is 11.6 Å². The third-order valence-electron chi connectivity index (χ3n) is 9.31. The Bertz CT molecular complexity index is 1510. The van der Waals surface area contributed by atoms with Gasteiger partial charge in [0, 0.05) is 23.7 Å². The minimum atomic E-state index is -4.28. The number of aryl methyl sites for hydroxylation is 1. The molecule has 3 aliphatic rings. The van der Waals surface area contributed by atoms with E-state index in [2.05, 4.69) is 9.62 Å². The molecule has 11 heteroatoms. The van der Waals surface area contributed by atoms with E-state index in [4.69, 9.17) is 21.1 Å². The van der Waals surface area contributed by atoms with E-state index >= 15 is 0 Å². The molecule has 2 heterocycles. The van der Waals surface area contributed by atoms with Crippen molar-refractivity contribution in [1.82, 2.24) is 4.72 Å². The summed E-state index contributed by atoms with van der Waals surface area (Å²) in [4.78, 5) is 27.9. The Morgan fingerprint density at radius 2 is 1.98 bits per heavy atom. The molecule has 0 spiro atoms. The van der Waals surface area contributed by atoms with E-state index in [1.807, 2.05) is 18.2 Å². The van der Waals surface area contributed by atoms with Crippen molar-refractivity contribution in [2.24, 2.45) is 17.8 Å². The first-order valence-electron chi connectivity index (χ1n) is 15.3. The predicted octanol–water partition coefficient (Wildman–Crippen LogP) is 5.04. The minimum absolute atomic E-state index is 0.0597. The van der Waals surface area contributed by atoms with Gasteiger partial charge in [-0.2, -0.15) is 0 Å². The number of methoxy groups -OCH3 is 1. The Morgan fingerprint density at radius 1 is 1.16 bits per heavy atom. The lowest BCUT2D eigenvalue weighted by atomic mass is 9.70. The van der Waals surface area contributed by atoms with E-state index in [1.54, 1.807) is 37.3 Å². The van der Waals surface area contributed by atoms with Crippen LogP contribution in [0.25, 0.3) is 0 Å². The molecule has 1 fully saturated rings. The number of ether oxygens (including phenoxy) is 2. The Morgan fingerprint density at radius 3 is 2.73 bits per heavy atom. The molecule has 1 amide bonds. The van der Waals surface area contributed by atoms with Crippen LogP contribution in [0.15, 0.2) is 48.6 Å². The van der Waals surface area contributed by atoms with Crippen LogP contribution < -0.4 is 14.4 Å². The maximum atomic E-state index is 13.5. The van der Waals surface area contributed by atoms with Crippen LogP contribution in [0, 0.1) is 17.8 Å². The van der Waals surface area contributed by atoms with Crippen LogP contribution in [0.1, 0.15) is 66.9 Å². The maximum absolute atomic E-state index is 13.5. The van der Waals surface area contributed by atoms with E-state index in [-0.39, 0.29) is 17.4 Å². The number of benzene rings is 2. The second-order valence-corrected chi connectivity index (χ2v) is 14.6. The smallest absolute Gasteiger partial charge is 0.306 e. The summed E-state index contributed by atoms with van der Waals surface area (Å²) in [7, 11) is -3.08. The number of hydrogen-bond donors (Lipinski definition) is 2. The van der Waals surface area contributed by atoms with Gasteiger partial charge in [0.2, 0.25) is 10.0 Å². The zero-order valence-corrected chi connectivity index (χ0v) is 26.8. The molecule has 1 unspecified atom stereocenters. The first-order chi connectivity index (χ1) is 21.1. The molecule has 1 aliphatic carbocycles. The fourth-order valence-corrected chi connectivity index (χ4v) is 8.29. The highest BCUT2D eigenvalue weighted by molar-refractivity contribution is 7.90. The summed E-state index contributed by atoms with van der Waals surface area (Å²) in [5.41, 5.74) is 3.05. The van der Waals surface area contributed by atoms with Crippen LogP contribution in [0.2, 0.25) is 5.02 Å². The van der Waals surface area contributed by atoms with Crippen molar-refractivity contribution in [2.75, 3.05) is 25.1 Å². The van der Waals surface area contributed by atoms with Gasteiger partial charge in [0.1, 0.15) is 12.4 Å². The number of carbonyl (C=O) groups is 2. The average molecular weight is 645 g/mol. The zero-order chi connectivity index (χ0) is 31.4. The number of sulfonamides is 1. The highest BCUT2D eigenvalue weighted by atomic mass is 35.5. The van der Waals surface area contributed by atoms with Crippen LogP contribution in [0.3, 0.4) is 0 Å². The molecule has 44 heavy (non-hydrogen) atoms. The maximum Gasteiger partial charge on any atom is 0.306 e. The van der Waals surface area contributed by atoms with E-state index in [0.717, 1.165) is 43.2 Å². The lowest BCUT2D eigenvalue weighted by Gasteiger charge is -2.42. The topological polar surface area (TPSA) is 122 Å². The van der Waals surface area contributed by atoms with Gasteiger partial charge in [-0.15, -0.1) is 0 Å². The van der Waals surface area contributed by atoms with Gasteiger partial charge in [-0.3, -0.25) is 9.59 Å². The first kappa shape index (κ1) is 32.3. The molecule has 2 bridgehead atoms. The van der Waals surface area contributed by atoms with Crippen molar-refractivity contribution in [3.63, 3.8) is 0 Å². The number of fused-ring (bicyclic) bond motifs is 3. The van der Waals surface area contributed by atoms with Gasteiger partial charge in [0.05, 0.1) is 30.6 Å². The number of esters is 1. The van der Waals surface area contributed by atoms with Crippen molar-refractivity contribution in [3.8, 4) is 5.75 Å². The lowest BCUT2D eigenvalue weighted by Crippen LogP contribution is -2.44. The van der Waals surface area contributed by atoms with E-state index in [1.165, 1.54) is 7.11 Å². The third-order valence-corrected chi connectivity index (χ3v) is 11.4. The quantitative estimate of drug-likeness (QED) is 0.345. The molecule has 9 nitrogen and oxygen atoms in total. The summed E-state index contributed by atoms with van der Waals surface area (Å²) in [6.07, 6.45) is 7.28. The van der Waals surface area contributed by atoms with Crippen LogP contribution in [-0.2, 0) is 32.6 Å². The third kappa shape index (κ3) is 7.41. The molecule has 0 radical (unpaired) electrons. The van der Waals surface area contributed by atoms with E-state index in [0.29, 0.717) is 42.6 Å². The summed E-state index contributed by atoms with van der Waals surface area (Å²) in [5.74, 6) is -1.10. The summed E-state index contributed by atoms with van der Waals surface area (Å²) in [6, 6.07) is 10.8. The SMILES string of the molecule is COC(=O)CC1[C@H](C)C/C=C/[C@H](O)[C@@H]2CC[C@H]2CN2CCCCc3cc(Cl)ccc3COc3ccc(cc32)C(=O)NS1(=O)=O. The fraction of sp³-hybridized carbons (Fsp3) is 0.515. The van der Waals surface area contributed by atoms with Crippen molar-refractivity contribution >= 4 is 39.2 Å². The summed E-state index contributed by atoms with van der Waals surface area (Å²) in [6.45, 7) is 3.40. The molecule has 2 N–H and O–H groups in total. The average Bonchev–Trinajstić information content (AvgIpc) is 3.00. The monoisotopic (exact) mass is 644 g/mol. The Kier molecular flexibility index (Phi) is 10.2. The van der Waals surface area contributed by atoms with Crippen molar-refractivity contribution < 1.29 is 32.6 Å². The number of nitrogens with zero attached hydrogens (tertiary/aromatic N) is 1. The number of allylic oxidation sites excluding steroid dienone is 1. The standard InChI is InChI=1S/C33H41ClN2O7S/c1-21-6-5-8-29(37)27-13-10-24(27)19-36-15-4-3-7-22-16-26(34)12-9-25(22)20-43-30-14-11-23(17-28(30)36)33(39)35-44(40,41)31(21)18-32(38)42-2/h5,8-9,11-12,14,16-17,21,24,27,29,31,37H,3-4,6-7,10,13,15,18-20H2,1-2H3,(H,35,39)/b8-5+/t21-,24+,27-,29+,31?/m1/s1. The van der Waals surface area contributed by atoms with Gasteiger partial charge in [-0.1, -0.05) is 36.7 Å². The Hall–Kier alpha value is -3.08. The number of anilines is 1. The van der Waals surface area contributed by atoms with Gasteiger partial charge in [-0.05, 0) is 97.7 Å². The van der Waals surface area contributed by atoms with Gasteiger partial charge in [0.25, 0.3) is 5.91 Å². The molecular formula is C33H41ClN2O7S. The number of rotatable bonds is 2. The van der Waals surface area contributed by atoms with Crippen LogP contribution in [0.4, 0.5) is 5.69 Å². The molecule has 0 saturated heterocycles. The van der Waals surface area contributed by atoms with Crippen LogP contribution in [0.5, 0.6) is 5.75 Å². The number of amides is 1. The molecule has 0 aromatic heterocycles. The molecule has 5 rings (SSSR count). The highest BCUT2D eigenvalue weighted by Gasteiger charge is 2.38. The van der Waals surface area contributed by atoms with Gasteiger partial charge in [0.15, 0.2) is 0 Å². The molecule has 2 aromatic rings. The number of aliphatic hydroxyl groups excluding tert-OH is 1. The summed E-state index contributed by atoms with van der Waals surface area (Å²) >= 11 is 6.30. The lowest BCUT2D eigenvalue weighted by molar-refractivity contribution is -0.140. The molecular weight excluding hydrogens is 604 g/mol. The predicted molar refractivity (Wildman–Crippen MR) is 169 cm³/mol. The minimum Gasteiger partial charge on any atom is -0.487 e. The molecule has 238 valence electrons. The van der Waals surface area contributed by atoms with Gasteiger partial charge < -0.3 is 19.5 Å². The van der Waals surface area contributed by atoms with Crippen molar-refractivity contribution in [2.45, 2.75) is 69.8 Å². The number of hydrogen-bond acceptors (Lipinski definition) is 8. The highest BCUT2D eigenvalue weighted by Crippen LogP contribution is 2.41. The molecule has 5 atom stereocenters. The Labute approximate surface area is 264 Å². The van der Waals surface area contributed by atoms with Crippen molar-refractivity contribution in [3.05, 3.63) is 70.3 Å². The zero-order valence-electron chi connectivity index (χ0n) is 25.2. The second-order valence-electron chi connectivity index (χ2n) is 12.2. The summed E-state index contributed by atoms with van der Waals surface area (Å²) < 4.78 is 40.4. The number of carbonyl (C=O) groups excluding carboxylic acids is 2. The number of aliphatic hydroxyl groups is 1. The largest absolute Gasteiger partial charge is 0.487 e. The van der Waals surface area contributed by atoms with Gasteiger partial charge in [-0.25, -0.2) is 13.1 Å². The van der Waals surface area contributed by atoms with E-state index < -0.39 is 45.6 Å². The van der Waals surface area contributed by atoms with Gasteiger partial charge >= 0.3 is 5.97 Å². The number of halogens is 1. The molecule has 2 aliphatic heterocycles. The normalized spacial score (nSPS) is 28.0. The fourth-order valence-electron chi connectivity index (χ4n) is 6.49. The molecule has 2 aromatic carbocycles. The summed E-state index contributed by atoms with van der Waals surface area (Å²) in [5, 5.41) is 10.6.